The van der Waals surface area contributed by atoms with Crippen LogP contribution < -0.4 is 15.4 Å². The van der Waals surface area contributed by atoms with E-state index in [-0.39, 0.29) is 0 Å². The molecular formula is C23H25N5O3. The van der Waals surface area contributed by atoms with Crippen LogP contribution in [0, 0.1) is 11.5 Å². The lowest BCUT2D eigenvalue weighted by molar-refractivity contribution is -0.138. The molecule has 0 radical (unpaired) electrons. The summed E-state index contributed by atoms with van der Waals surface area (Å²) in [5.41, 5.74) is 2.65. The van der Waals surface area contributed by atoms with Crippen molar-refractivity contribution in [2.45, 2.75) is 18.8 Å². The molecule has 1 aromatic heterocycles. The predicted octanol–water partition coefficient (Wildman–Crippen LogP) is 2.99. The normalized spacial score (nSPS) is 12.2. The molecule has 160 valence electrons. The number of carbonyl (C=O) groups is 1. The van der Waals surface area contributed by atoms with Crippen molar-refractivity contribution in [2.24, 2.45) is 4.99 Å². The molecule has 2 aromatic carbocycles. The highest BCUT2D eigenvalue weighted by Gasteiger charge is 2.21. The number of benzene rings is 2. The Morgan fingerprint density at radius 2 is 2.10 bits per heavy atom. The Kier molecular flexibility index (Phi) is 7.49. The summed E-state index contributed by atoms with van der Waals surface area (Å²) in [5.74, 6) is -0.276. The summed E-state index contributed by atoms with van der Waals surface area (Å²) >= 11 is 0. The zero-order valence-corrected chi connectivity index (χ0v) is 17.3. The van der Waals surface area contributed by atoms with Crippen LogP contribution in [0.3, 0.4) is 0 Å². The molecule has 0 spiro atoms. The molecule has 8 nitrogen and oxygen atoms in total. The number of fused-ring (bicyclic) bond motifs is 1. The van der Waals surface area contributed by atoms with Gasteiger partial charge in [0.25, 0.3) is 0 Å². The Bertz CT molecular complexity index is 1090. The van der Waals surface area contributed by atoms with Gasteiger partial charge in [-0.1, -0.05) is 30.3 Å². The van der Waals surface area contributed by atoms with Crippen molar-refractivity contribution in [3.8, 4) is 11.9 Å². The number of hydrogen-bond donors (Lipinski definition) is 4. The number of aliphatic carboxylic acids is 1. The minimum Gasteiger partial charge on any atom is -0.493 e. The number of nitrogens with one attached hydrogen (secondary N) is 3. The van der Waals surface area contributed by atoms with Crippen LogP contribution in [-0.4, -0.2) is 42.2 Å². The molecular weight excluding hydrogens is 394 g/mol. The minimum atomic E-state index is -0.838. The molecule has 3 aromatic rings. The van der Waals surface area contributed by atoms with Gasteiger partial charge in [-0.05, 0) is 36.1 Å². The van der Waals surface area contributed by atoms with Crippen molar-refractivity contribution in [1.82, 2.24) is 15.6 Å². The summed E-state index contributed by atoms with van der Waals surface area (Å²) in [7, 11) is 1.69. The monoisotopic (exact) mass is 419 g/mol. The lowest BCUT2D eigenvalue weighted by atomic mass is 9.92. The van der Waals surface area contributed by atoms with E-state index < -0.39 is 11.9 Å². The van der Waals surface area contributed by atoms with Crippen molar-refractivity contribution in [3.63, 3.8) is 0 Å². The van der Waals surface area contributed by atoms with E-state index in [9.17, 15) is 9.90 Å². The topological polar surface area (TPSA) is 123 Å². The van der Waals surface area contributed by atoms with Gasteiger partial charge in [-0.2, -0.15) is 5.26 Å². The molecule has 1 unspecified atom stereocenters. The van der Waals surface area contributed by atoms with E-state index in [0.29, 0.717) is 25.5 Å². The number of rotatable bonds is 9. The average Bonchev–Trinajstić information content (AvgIpc) is 3.18. The van der Waals surface area contributed by atoms with Crippen molar-refractivity contribution < 1.29 is 14.6 Å². The van der Waals surface area contributed by atoms with E-state index >= 15 is 0 Å². The lowest BCUT2D eigenvalue weighted by Crippen LogP contribution is -2.35. The van der Waals surface area contributed by atoms with E-state index in [1.807, 2.05) is 54.7 Å². The van der Waals surface area contributed by atoms with Gasteiger partial charge in [0.05, 0.1) is 12.5 Å². The highest BCUT2D eigenvalue weighted by molar-refractivity contribution is 5.86. The Hall–Kier alpha value is -3.99. The van der Waals surface area contributed by atoms with E-state index in [2.05, 4.69) is 20.6 Å². The summed E-state index contributed by atoms with van der Waals surface area (Å²) < 4.78 is 5.81. The molecule has 0 saturated heterocycles. The molecule has 3 rings (SSSR count). The molecule has 8 heteroatoms. The molecule has 4 N–H and O–H groups in total. The number of aromatic nitrogens is 1. The van der Waals surface area contributed by atoms with E-state index in [0.717, 1.165) is 34.2 Å². The zero-order valence-electron chi connectivity index (χ0n) is 17.3. The van der Waals surface area contributed by atoms with Crippen molar-refractivity contribution in [1.29, 1.82) is 5.26 Å². The van der Waals surface area contributed by atoms with Crippen LogP contribution in [0.15, 0.2) is 59.7 Å². The van der Waals surface area contributed by atoms with Gasteiger partial charge >= 0.3 is 5.97 Å². The fraction of sp³-hybridized carbons (Fsp3) is 0.261. The van der Waals surface area contributed by atoms with Crippen LogP contribution in [0.4, 0.5) is 0 Å². The largest absolute Gasteiger partial charge is 0.493 e. The Labute approximate surface area is 180 Å². The van der Waals surface area contributed by atoms with Crippen molar-refractivity contribution >= 4 is 22.8 Å². The first-order chi connectivity index (χ1) is 15.1. The van der Waals surface area contributed by atoms with Gasteiger partial charge in [-0.3, -0.25) is 4.79 Å². The number of carboxylic acid groups (broad SMARTS) is 1. The Morgan fingerprint density at radius 1 is 1.29 bits per heavy atom. The van der Waals surface area contributed by atoms with Gasteiger partial charge in [0.1, 0.15) is 5.75 Å². The van der Waals surface area contributed by atoms with Crippen LogP contribution in [-0.2, 0) is 11.2 Å². The number of H-pyrrole nitrogens is 1. The number of nitrogens with zero attached hydrogens (tertiary/aromatic N) is 2. The van der Waals surface area contributed by atoms with Crippen LogP contribution >= 0.6 is 0 Å². The third kappa shape index (κ3) is 5.76. The smallest absolute Gasteiger partial charge is 0.311 e. The number of guanidine groups is 1. The molecule has 0 fully saturated rings. The van der Waals surface area contributed by atoms with Crippen molar-refractivity contribution in [3.05, 3.63) is 65.9 Å². The Morgan fingerprint density at radius 3 is 2.81 bits per heavy atom. The summed E-state index contributed by atoms with van der Waals surface area (Å²) in [4.78, 5) is 18.6. The highest BCUT2D eigenvalue weighted by Crippen LogP contribution is 2.28. The van der Waals surface area contributed by atoms with Gasteiger partial charge in [-0.15, -0.1) is 4.99 Å². The fourth-order valence-electron chi connectivity index (χ4n) is 3.38. The van der Waals surface area contributed by atoms with Crippen molar-refractivity contribution in [2.75, 3.05) is 20.2 Å². The summed E-state index contributed by atoms with van der Waals surface area (Å²) in [5, 5.41) is 25.1. The lowest BCUT2D eigenvalue weighted by Gasteiger charge is -2.12. The van der Waals surface area contributed by atoms with Crippen LogP contribution in [0.25, 0.3) is 10.9 Å². The average molecular weight is 419 g/mol. The predicted molar refractivity (Wildman–Crippen MR) is 119 cm³/mol. The van der Waals surface area contributed by atoms with Crippen LogP contribution in [0.5, 0.6) is 5.75 Å². The van der Waals surface area contributed by atoms with Crippen LogP contribution in [0.2, 0.25) is 0 Å². The van der Waals surface area contributed by atoms with E-state index in [1.54, 1.807) is 13.2 Å². The second-order valence-corrected chi connectivity index (χ2v) is 6.97. The molecule has 0 aliphatic heterocycles. The maximum atomic E-state index is 11.8. The SMILES string of the molecule is CN/C(=N/C#N)NCCCOc1ccc2c(CC(C(=O)O)c3ccccc3)c[nH]c2c1. The first-order valence-electron chi connectivity index (χ1n) is 10.0. The number of hydrogen-bond acceptors (Lipinski definition) is 4. The second-order valence-electron chi connectivity index (χ2n) is 6.97. The molecule has 0 aliphatic carbocycles. The molecule has 31 heavy (non-hydrogen) atoms. The zero-order chi connectivity index (χ0) is 22.1. The van der Waals surface area contributed by atoms with E-state index in [1.165, 1.54) is 0 Å². The van der Waals surface area contributed by atoms with Gasteiger partial charge in [0.15, 0.2) is 0 Å². The summed E-state index contributed by atoms with van der Waals surface area (Å²) in [6.07, 6.45) is 4.73. The second kappa shape index (κ2) is 10.7. The maximum absolute atomic E-state index is 11.8. The molecule has 1 atom stereocenters. The number of ether oxygens (including phenoxy) is 1. The standard InChI is InChI=1S/C23H25N5O3/c1-25-23(28-15-24)26-10-5-11-31-18-8-9-19-17(14-27-21(19)13-18)12-20(22(29)30)16-6-3-2-4-7-16/h2-4,6-9,13-14,20,27H,5,10-12H2,1H3,(H,29,30)(H2,25,26,28). The third-order valence-corrected chi connectivity index (χ3v) is 4.94. The van der Waals surface area contributed by atoms with Gasteiger partial charge in [0, 0.05) is 36.8 Å². The first kappa shape index (κ1) is 21.7. The Balaban J connectivity index is 1.60. The van der Waals surface area contributed by atoms with Crippen LogP contribution in [0.1, 0.15) is 23.5 Å². The quantitative estimate of drug-likeness (QED) is 0.183. The summed E-state index contributed by atoms with van der Waals surface area (Å²) in [6.45, 7) is 1.12. The molecule has 0 saturated carbocycles. The number of aromatic amines is 1. The molecule has 0 amide bonds. The first-order valence-corrected chi connectivity index (χ1v) is 10.0. The van der Waals surface area contributed by atoms with Gasteiger partial charge < -0.3 is 25.5 Å². The van der Waals surface area contributed by atoms with Gasteiger partial charge in [0.2, 0.25) is 12.2 Å². The number of carboxylic acids is 1. The fourth-order valence-corrected chi connectivity index (χ4v) is 3.38. The summed E-state index contributed by atoms with van der Waals surface area (Å²) in [6, 6.07) is 15.1. The number of nitriles is 1. The minimum absolute atomic E-state index is 0.406. The maximum Gasteiger partial charge on any atom is 0.311 e. The van der Waals surface area contributed by atoms with E-state index in [4.69, 9.17) is 10.00 Å². The molecule has 0 aliphatic rings. The molecule has 1 heterocycles. The number of aliphatic imine (C=N–C) groups is 1. The third-order valence-electron chi connectivity index (χ3n) is 4.94. The van der Waals surface area contributed by atoms with Gasteiger partial charge in [-0.25, -0.2) is 0 Å². The highest BCUT2D eigenvalue weighted by atomic mass is 16.5. The molecule has 0 bridgehead atoms.